The fraction of sp³-hybridized carbons (Fsp3) is 0.100. The number of rotatable bonds is 7. The Bertz CT molecular complexity index is 1160. The number of carbonyl (C=O) groups is 2. The molecule has 0 spiro atoms. The summed E-state index contributed by atoms with van der Waals surface area (Å²) in [6.07, 6.45) is 0.155. The van der Waals surface area contributed by atoms with Crippen LogP contribution in [-0.4, -0.2) is 26.8 Å². The predicted molar refractivity (Wildman–Crippen MR) is 112 cm³/mol. The number of carbonyl (C=O) groups excluding carboxylic acids is 2. The van der Waals surface area contributed by atoms with Gasteiger partial charge in [0.15, 0.2) is 0 Å². The maximum Gasteiger partial charge on any atom is 0.296 e. The first kappa shape index (κ1) is 20.3. The standard InChI is InChI=1S/C20H20N4O4S/c21-29(27,28)24-17-9-4-8-16(12-17)23-20(26)13-22-19(25)11-15-7-3-6-14-5-1-2-10-18(14)15/h1-10,12,24H,11,13H2,(H,22,25)(H,23,26)(H2,21,27,28). The molecule has 0 aromatic heterocycles. The molecule has 0 unspecified atom stereocenters. The minimum Gasteiger partial charge on any atom is -0.347 e. The van der Waals surface area contributed by atoms with Crippen molar-refractivity contribution in [3.8, 4) is 0 Å². The maximum absolute atomic E-state index is 12.2. The summed E-state index contributed by atoms with van der Waals surface area (Å²) in [4.78, 5) is 24.3. The van der Waals surface area contributed by atoms with Gasteiger partial charge in [0, 0.05) is 5.69 Å². The van der Waals surface area contributed by atoms with E-state index < -0.39 is 16.1 Å². The van der Waals surface area contributed by atoms with Crippen molar-refractivity contribution >= 4 is 44.2 Å². The fourth-order valence-corrected chi connectivity index (χ4v) is 3.35. The first-order valence-electron chi connectivity index (χ1n) is 8.74. The second kappa shape index (κ2) is 8.72. The van der Waals surface area contributed by atoms with Crippen LogP contribution in [0.2, 0.25) is 0 Å². The summed E-state index contributed by atoms with van der Waals surface area (Å²) in [5.74, 6) is -0.717. The van der Waals surface area contributed by atoms with Gasteiger partial charge >= 0.3 is 0 Å². The summed E-state index contributed by atoms with van der Waals surface area (Å²) in [7, 11) is -3.91. The van der Waals surface area contributed by atoms with Gasteiger partial charge in [-0.05, 0) is 34.5 Å². The number of fused-ring (bicyclic) bond motifs is 1. The molecule has 0 heterocycles. The van der Waals surface area contributed by atoms with Crippen molar-refractivity contribution in [1.29, 1.82) is 0 Å². The molecular weight excluding hydrogens is 392 g/mol. The smallest absolute Gasteiger partial charge is 0.296 e. The summed E-state index contributed by atoms with van der Waals surface area (Å²) in [6.45, 7) is -0.212. The molecule has 0 aliphatic heterocycles. The second-order valence-electron chi connectivity index (χ2n) is 6.37. The Labute approximate surface area is 168 Å². The lowest BCUT2D eigenvalue weighted by Gasteiger charge is -2.10. The molecular formula is C20H20N4O4S. The van der Waals surface area contributed by atoms with E-state index in [2.05, 4.69) is 15.4 Å². The zero-order valence-corrected chi connectivity index (χ0v) is 16.2. The van der Waals surface area contributed by atoms with Gasteiger partial charge in [0.05, 0.1) is 18.7 Å². The third-order valence-corrected chi connectivity index (χ3v) is 4.60. The van der Waals surface area contributed by atoms with Crippen molar-refractivity contribution in [1.82, 2.24) is 5.32 Å². The highest BCUT2D eigenvalue weighted by atomic mass is 32.2. The Morgan fingerprint density at radius 3 is 2.34 bits per heavy atom. The van der Waals surface area contributed by atoms with Gasteiger partial charge in [-0.3, -0.25) is 14.3 Å². The lowest BCUT2D eigenvalue weighted by atomic mass is 10.0. The molecule has 150 valence electrons. The fourth-order valence-electron chi connectivity index (χ4n) is 2.89. The van der Waals surface area contributed by atoms with E-state index in [1.54, 1.807) is 12.1 Å². The lowest BCUT2D eigenvalue weighted by Crippen LogP contribution is -2.33. The van der Waals surface area contributed by atoms with Crippen LogP contribution in [0.3, 0.4) is 0 Å². The van der Waals surface area contributed by atoms with Gasteiger partial charge in [0.1, 0.15) is 0 Å². The molecule has 0 fully saturated rings. The van der Waals surface area contributed by atoms with Crippen molar-refractivity contribution in [3.05, 3.63) is 72.3 Å². The monoisotopic (exact) mass is 412 g/mol. The largest absolute Gasteiger partial charge is 0.347 e. The second-order valence-corrected chi connectivity index (χ2v) is 7.66. The van der Waals surface area contributed by atoms with Gasteiger partial charge in [-0.2, -0.15) is 8.42 Å². The number of hydrogen-bond acceptors (Lipinski definition) is 4. The van der Waals surface area contributed by atoms with Crippen molar-refractivity contribution < 1.29 is 18.0 Å². The van der Waals surface area contributed by atoms with E-state index in [1.165, 1.54) is 12.1 Å². The minimum atomic E-state index is -3.91. The van der Waals surface area contributed by atoms with Gasteiger partial charge in [-0.15, -0.1) is 0 Å². The van der Waals surface area contributed by atoms with Crippen molar-refractivity contribution in [2.75, 3.05) is 16.6 Å². The van der Waals surface area contributed by atoms with E-state index in [0.29, 0.717) is 5.69 Å². The Morgan fingerprint density at radius 2 is 1.55 bits per heavy atom. The molecule has 0 saturated carbocycles. The van der Waals surface area contributed by atoms with Crippen LogP contribution in [0.1, 0.15) is 5.56 Å². The van der Waals surface area contributed by atoms with Gasteiger partial charge in [0.25, 0.3) is 10.2 Å². The SMILES string of the molecule is NS(=O)(=O)Nc1cccc(NC(=O)CNC(=O)Cc2cccc3ccccc23)c1. The predicted octanol–water partition coefficient (Wildman–Crippen LogP) is 1.75. The molecule has 8 nitrogen and oxygen atoms in total. The van der Waals surface area contributed by atoms with Crippen LogP contribution in [0.25, 0.3) is 10.8 Å². The molecule has 5 N–H and O–H groups in total. The van der Waals surface area contributed by atoms with Gasteiger partial charge in [0.2, 0.25) is 11.8 Å². The van der Waals surface area contributed by atoms with Crippen LogP contribution in [0, 0.1) is 0 Å². The summed E-state index contributed by atoms with van der Waals surface area (Å²) in [5.41, 5.74) is 1.46. The van der Waals surface area contributed by atoms with E-state index in [9.17, 15) is 18.0 Å². The zero-order chi connectivity index (χ0) is 20.9. The van der Waals surface area contributed by atoms with Crippen LogP contribution in [-0.2, 0) is 26.2 Å². The highest BCUT2D eigenvalue weighted by Crippen LogP contribution is 2.19. The number of amides is 2. The normalized spacial score (nSPS) is 11.1. The highest BCUT2D eigenvalue weighted by molar-refractivity contribution is 7.90. The molecule has 0 radical (unpaired) electrons. The summed E-state index contributed by atoms with van der Waals surface area (Å²) in [5, 5.41) is 12.1. The van der Waals surface area contributed by atoms with E-state index in [4.69, 9.17) is 5.14 Å². The van der Waals surface area contributed by atoms with Crippen LogP contribution in [0.15, 0.2) is 66.7 Å². The average molecular weight is 412 g/mol. The highest BCUT2D eigenvalue weighted by Gasteiger charge is 2.10. The molecule has 0 saturated heterocycles. The maximum atomic E-state index is 12.2. The van der Waals surface area contributed by atoms with Gasteiger partial charge < -0.3 is 10.6 Å². The molecule has 29 heavy (non-hydrogen) atoms. The summed E-state index contributed by atoms with van der Waals surface area (Å²) >= 11 is 0. The average Bonchev–Trinajstić information content (AvgIpc) is 2.66. The van der Waals surface area contributed by atoms with E-state index in [0.717, 1.165) is 16.3 Å². The van der Waals surface area contributed by atoms with Gasteiger partial charge in [-0.1, -0.05) is 48.5 Å². The van der Waals surface area contributed by atoms with Gasteiger partial charge in [-0.25, -0.2) is 5.14 Å². The van der Waals surface area contributed by atoms with E-state index >= 15 is 0 Å². The molecule has 0 aliphatic carbocycles. The van der Waals surface area contributed by atoms with Crippen molar-refractivity contribution in [2.45, 2.75) is 6.42 Å². The van der Waals surface area contributed by atoms with Crippen LogP contribution >= 0.6 is 0 Å². The first-order chi connectivity index (χ1) is 13.8. The summed E-state index contributed by atoms with van der Waals surface area (Å²) in [6, 6.07) is 19.6. The quantitative estimate of drug-likeness (QED) is 0.471. The molecule has 0 aliphatic rings. The zero-order valence-electron chi connectivity index (χ0n) is 15.4. The number of benzene rings is 3. The van der Waals surface area contributed by atoms with Crippen LogP contribution < -0.4 is 20.5 Å². The topological polar surface area (TPSA) is 130 Å². The number of nitrogens with two attached hydrogens (primary N) is 1. The molecule has 0 bridgehead atoms. The molecule has 3 aromatic carbocycles. The third-order valence-electron chi connectivity index (χ3n) is 4.08. The summed E-state index contributed by atoms with van der Waals surface area (Å²) < 4.78 is 24.3. The van der Waals surface area contributed by atoms with Crippen LogP contribution in [0.4, 0.5) is 11.4 Å². The Hall–Kier alpha value is -3.43. The van der Waals surface area contributed by atoms with E-state index in [1.807, 2.05) is 42.5 Å². The third kappa shape index (κ3) is 6.03. The van der Waals surface area contributed by atoms with Crippen LogP contribution in [0.5, 0.6) is 0 Å². The van der Waals surface area contributed by atoms with Crippen molar-refractivity contribution in [3.63, 3.8) is 0 Å². The first-order valence-corrected chi connectivity index (χ1v) is 10.3. The number of anilines is 2. The Morgan fingerprint density at radius 1 is 0.862 bits per heavy atom. The lowest BCUT2D eigenvalue weighted by molar-refractivity contribution is -0.123. The molecule has 9 heteroatoms. The number of nitrogens with one attached hydrogen (secondary N) is 3. The number of hydrogen-bond donors (Lipinski definition) is 4. The molecule has 3 aromatic rings. The van der Waals surface area contributed by atoms with E-state index in [-0.39, 0.29) is 24.6 Å². The molecule has 3 rings (SSSR count). The Kier molecular flexibility index (Phi) is 6.10. The minimum absolute atomic E-state index is 0.155. The van der Waals surface area contributed by atoms with Crippen molar-refractivity contribution in [2.24, 2.45) is 5.14 Å². The Balaban J connectivity index is 1.55. The molecule has 2 amide bonds. The molecule has 0 atom stereocenters.